The van der Waals surface area contributed by atoms with Gasteiger partial charge in [-0.1, -0.05) is 54.6 Å². The van der Waals surface area contributed by atoms with Gasteiger partial charge >= 0.3 is 0 Å². The molecule has 0 radical (unpaired) electrons. The fourth-order valence-electron chi connectivity index (χ4n) is 2.52. The van der Waals surface area contributed by atoms with Crippen molar-refractivity contribution >= 4 is 16.6 Å². The van der Waals surface area contributed by atoms with E-state index in [2.05, 4.69) is 24.0 Å². The van der Waals surface area contributed by atoms with E-state index in [1.54, 1.807) is 12.3 Å². The lowest BCUT2D eigenvalue weighted by Gasteiger charge is -2.17. The predicted octanol–water partition coefficient (Wildman–Crippen LogP) is 4.65. The molecule has 116 valence electrons. The number of allylic oxidation sites excluding steroid dienone is 1. The minimum Gasteiger partial charge on any atom is -0.460 e. The Hall–Kier alpha value is -2.81. The van der Waals surface area contributed by atoms with Gasteiger partial charge in [-0.15, -0.1) is 0 Å². The number of hydrogen-bond acceptors (Lipinski definition) is 3. The van der Waals surface area contributed by atoms with Crippen molar-refractivity contribution in [2.45, 2.75) is 13.5 Å². The summed E-state index contributed by atoms with van der Waals surface area (Å²) in [5.74, 6) is 0.283. The summed E-state index contributed by atoms with van der Waals surface area (Å²) in [6, 6.07) is 17.9. The molecule has 1 heterocycles. The molecule has 0 aliphatic rings. The average molecular weight is 305 g/mol. The van der Waals surface area contributed by atoms with Crippen molar-refractivity contribution in [3.63, 3.8) is 0 Å². The molecule has 3 rings (SSSR count). The minimum absolute atomic E-state index is 0.113. The topological polar surface area (TPSA) is 33.5 Å². The summed E-state index contributed by atoms with van der Waals surface area (Å²) < 4.78 is 5.44. The second-order valence-corrected chi connectivity index (χ2v) is 5.38. The fraction of sp³-hybridized carbons (Fsp3) is 0.150. The quantitative estimate of drug-likeness (QED) is 0.491. The van der Waals surface area contributed by atoms with Crippen LogP contribution in [0.25, 0.3) is 10.8 Å². The van der Waals surface area contributed by atoms with Gasteiger partial charge in [0.15, 0.2) is 5.76 Å². The molecule has 0 N–H and O–H groups in total. The summed E-state index contributed by atoms with van der Waals surface area (Å²) >= 11 is 0. The van der Waals surface area contributed by atoms with Crippen LogP contribution in [-0.4, -0.2) is 17.2 Å². The van der Waals surface area contributed by atoms with Gasteiger partial charge in [0.05, 0.1) is 6.26 Å². The van der Waals surface area contributed by atoms with Gasteiger partial charge in [0.2, 0.25) is 5.78 Å². The SMILES string of the molecule is CCN(C=CC(=O)c1occ2ccccc12)Cc1ccccc1. The number of rotatable bonds is 6. The molecule has 3 heteroatoms. The van der Waals surface area contributed by atoms with E-state index in [0.717, 1.165) is 23.9 Å². The number of carbonyl (C=O) groups is 1. The molecule has 1 aromatic heterocycles. The number of ketones is 1. The van der Waals surface area contributed by atoms with Gasteiger partial charge in [-0.25, -0.2) is 0 Å². The molecule has 3 aromatic rings. The van der Waals surface area contributed by atoms with Crippen LogP contribution in [0, 0.1) is 0 Å². The van der Waals surface area contributed by atoms with E-state index in [4.69, 9.17) is 4.42 Å². The fourth-order valence-corrected chi connectivity index (χ4v) is 2.52. The average Bonchev–Trinajstić information content (AvgIpc) is 3.03. The molecule has 0 saturated heterocycles. The second-order valence-electron chi connectivity index (χ2n) is 5.38. The lowest BCUT2D eigenvalue weighted by molar-refractivity contribution is 0.102. The van der Waals surface area contributed by atoms with Crippen LogP contribution < -0.4 is 0 Å². The van der Waals surface area contributed by atoms with Crippen molar-refractivity contribution in [1.29, 1.82) is 0 Å². The second kappa shape index (κ2) is 6.97. The first-order chi connectivity index (χ1) is 11.3. The predicted molar refractivity (Wildman–Crippen MR) is 92.2 cm³/mol. The lowest BCUT2D eigenvalue weighted by atomic mass is 10.1. The molecule has 0 unspecified atom stereocenters. The van der Waals surface area contributed by atoms with Gasteiger partial charge in [-0.05, 0) is 12.5 Å². The summed E-state index contributed by atoms with van der Waals surface area (Å²) in [6.45, 7) is 3.68. The van der Waals surface area contributed by atoms with E-state index >= 15 is 0 Å². The Balaban J connectivity index is 1.74. The zero-order valence-electron chi connectivity index (χ0n) is 13.1. The highest BCUT2D eigenvalue weighted by molar-refractivity contribution is 6.11. The monoisotopic (exact) mass is 305 g/mol. The number of carbonyl (C=O) groups excluding carboxylic acids is 1. The summed E-state index contributed by atoms with van der Waals surface area (Å²) in [5.41, 5.74) is 1.22. The summed E-state index contributed by atoms with van der Waals surface area (Å²) in [7, 11) is 0. The van der Waals surface area contributed by atoms with Gasteiger partial charge in [0.1, 0.15) is 0 Å². The van der Waals surface area contributed by atoms with E-state index in [0.29, 0.717) is 5.76 Å². The minimum atomic E-state index is -0.113. The molecule has 3 nitrogen and oxygen atoms in total. The Morgan fingerprint density at radius 3 is 2.61 bits per heavy atom. The van der Waals surface area contributed by atoms with Crippen LogP contribution in [0.4, 0.5) is 0 Å². The molecule has 0 atom stereocenters. The van der Waals surface area contributed by atoms with Crippen molar-refractivity contribution in [3.8, 4) is 0 Å². The van der Waals surface area contributed by atoms with Crippen LogP contribution >= 0.6 is 0 Å². The van der Waals surface area contributed by atoms with Crippen molar-refractivity contribution in [3.05, 3.63) is 84.5 Å². The van der Waals surface area contributed by atoms with E-state index < -0.39 is 0 Å². The van der Waals surface area contributed by atoms with Gasteiger partial charge in [-0.3, -0.25) is 4.79 Å². The molecule has 2 aromatic carbocycles. The molecule has 23 heavy (non-hydrogen) atoms. The van der Waals surface area contributed by atoms with Crippen LogP contribution in [0.1, 0.15) is 23.0 Å². The molecule has 0 bridgehead atoms. The van der Waals surface area contributed by atoms with Crippen LogP contribution in [0.15, 0.2) is 77.6 Å². The zero-order valence-corrected chi connectivity index (χ0v) is 13.1. The molecule has 0 amide bonds. The number of nitrogens with zero attached hydrogens (tertiary/aromatic N) is 1. The van der Waals surface area contributed by atoms with Crippen LogP contribution in [0.3, 0.4) is 0 Å². The highest BCUT2D eigenvalue weighted by Gasteiger charge is 2.12. The van der Waals surface area contributed by atoms with Crippen molar-refractivity contribution in [1.82, 2.24) is 4.90 Å². The molecule has 0 spiro atoms. The first-order valence-electron chi connectivity index (χ1n) is 7.74. The normalized spacial score (nSPS) is 11.2. The maximum absolute atomic E-state index is 12.4. The third kappa shape index (κ3) is 3.51. The standard InChI is InChI=1S/C20H19NO2/c1-2-21(14-16-8-4-3-5-9-16)13-12-19(22)20-18-11-7-6-10-17(18)15-23-20/h3-13,15H,2,14H2,1H3. The Morgan fingerprint density at radius 1 is 1.09 bits per heavy atom. The third-order valence-corrected chi connectivity index (χ3v) is 3.80. The first kappa shape index (κ1) is 15.1. The van der Waals surface area contributed by atoms with Crippen molar-refractivity contribution in [2.24, 2.45) is 0 Å². The van der Waals surface area contributed by atoms with Gasteiger partial charge in [0.25, 0.3) is 0 Å². The van der Waals surface area contributed by atoms with Gasteiger partial charge < -0.3 is 9.32 Å². The highest BCUT2D eigenvalue weighted by atomic mass is 16.3. The number of hydrogen-bond donors (Lipinski definition) is 0. The number of benzene rings is 2. The Morgan fingerprint density at radius 2 is 1.83 bits per heavy atom. The van der Waals surface area contributed by atoms with E-state index in [1.165, 1.54) is 5.56 Å². The molecule has 0 aliphatic heterocycles. The van der Waals surface area contributed by atoms with Gasteiger partial charge in [0, 0.05) is 36.1 Å². The molecule has 0 saturated carbocycles. The Bertz CT molecular complexity index is 818. The Kier molecular flexibility index (Phi) is 4.57. The van der Waals surface area contributed by atoms with Crippen LogP contribution in [-0.2, 0) is 6.54 Å². The van der Waals surface area contributed by atoms with E-state index in [1.807, 2.05) is 48.7 Å². The summed E-state index contributed by atoms with van der Waals surface area (Å²) in [5, 5.41) is 1.80. The molecule has 0 aliphatic carbocycles. The van der Waals surface area contributed by atoms with Crippen LogP contribution in [0.5, 0.6) is 0 Å². The lowest BCUT2D eigenvalue weighted by Crippen LogP contribution is -2.16. The molecular formula is C20H19NO2. The maximum Gasteiger partial charge on any atom is 0.223 e. The smallest absolute Gasteiger partial charge is 0.223 e. The third-order valence-electron chi connectivity index (χ3n) is 3.80. The van der Waals surface area contributed by atoms with Crippen molar-refractivity contribution in [2.75, 3.05) is 6.54 Å². The maximum atomic E-state index is 12.4. The van der Waals surface area contributed by atoms with E-state index in [9.17, 15) is 4.79 Å². The van der Waals surface area contributed by atoms with Crippen LogP contribution in [0.2, 0.25) is 0 Å². The summed E-state index contributed by atoms with van der Waals surface area (Å²) in [6.07, 6.45) is 5.04. The first-order valence-corrected chi connectivity index (χ1v) is 7.74. The zero-order chi connectivity index (χ0) is 16.1. The Labute approximate surface area is 135 Å². The van der Waals surface area contributed by atoms with Crippen molar-refractivity contribution < 1.29 is 9.21 Å². The highest BCUT2D eigenvalue weighted by Crippen LogP contribution is 2.21. The number of fused-ring (bicyclic) bond motifs is 1. The summed E-state index contributed by atoms with van der Waals surface area (Å²) in [4.78, 5) is 14.5. The molecular weight excluding hydrogens is 286 g/mol. The largest absolute Gasteiger partial charge is 0.460 e. The van der Waals surface area contributed by atoms with E-state index in [-0.39, 0.29) is 5.78 Å². The molecule has 0 fully saturated rings. The number of furan rings is 1. The van der Waals surface area contributed by atoms with Gasteiger partial charge in [-0.2, -0.15) is 0 Å².